The molecule has 4 amide bonds. The van der Waals surface area contributed by atoms with Crippen LogP contribution in [0.25, 0.3) is 0 Å². The van der Waals surface area contributed by atoms with E-state index in [2.05, 4.69) is 5.32 Å². The Kier molecular flexibility index (Phi) is 12.2. The summed E-state index contributed by atoms with van der Waals surface area (Å²) in [7, 11) is 0. The van der Waals surface area contributed by atoms with Gasteiger partial charge < -0.3 is 19.9 Å². The van der Waals surface area contributed by atoms with E-state index in [1.165, 1.54) is 28.8 Å². The number of aliphatic hydroxyl groups excluding tert-OH is 1. The van der Waals surface area contributed by atoms with Gasteiger partial charge in [0.2, 0.25) is 5.91 Å². The maximum atomic E-state index is 14.2. The van der Waals surface area contributed by atoms with Gasteiger partial charge in [0, 0.05) is 12.2 Å². The van der Waals surface area contributed by atoms with Gasteiger partial charge in [-0.25, -0.2) is 9.59 Å². The van der Waals surface area contributed by atoms with E-state index >= 15 is 0 Å². The van der Waals surface area contributed by atoms with Crippen molar-refractivity contribution in [2.75, 3.05) is 12.4 Å². The first-order valence-corrected chi connectivity index (χ1v) is 20.9. The second-order valence-corrected chi connectivity index (χ2v) is 15.8. The van der Waals surface area contributed by atoms with Gasteiger partial charge in [0.05, 0.1) is 17.7 Å². The molecule has 0 spiro atoms. The van der Waals surface area contributed by atoms with Gasteiger partial charge in [0.25, 0.3) is 17.7 Å². The third kappa shape index (κ3) is 8.34. The lowest BCUT2D eigenvalue weighted by Gasteiger charge is -2.49. The average Bonchev–Trinajstić information content (AvgIpc) is 3.56. The highest BCUT2D eigenvalue weighted by Gasteiger charge is 2.54. The highest BCUT2D eigenvalue weighted by atomic mass is 32.2. The first kappa shape index (κ1) is 40.9. The quantitative estimate of drug-likeness (QED) is 0.0714. The molecular weight excluding hydrogens is 795 g/mol. The van der Waals surface area contributed by atoms with Crippen LogP contribution in [-0.2, 0) is 28.7 Å². The number of hydrogen-bond acceptors (Lipinski definition) is 10. The van der Waals surface area contributed by atoms with E-state index in [1.54, 1.807) is 12.1 Å². The molecule has 0 radical (unpaired) electrons. The summed E-state index contributed by atoms with van der Waals surface area (Å²) in [5.41, 5.74) is 3.43. The Morgan fingerprint density at radius 2 is 1.13 bits per heavy atom. The van der Waals surface area contributed by atoms with Gasteiger partial charge in [-0.15, -0.1) is 11.8 Å². The predicted molar refractivity (Wildman–Crippen MR) is 225 cm³/mol. The molecule has 13 heteroatoms. The minimum atomic E-state index is -1.36. The van der Waals surface area contributed by atoms with Gasteiger partial charge in [-0.2, -0.15) is 0 Å². The van der Waals surface area contributed by atoms with Gasteiger partial charge in [0.1, 0.15) is 23.2 Å². The summed E-state index contributed by atoms with van der Waals surface area (Å²) < 4.78 is 12.2. The molecule has 5 aromatic rings. The number of β-lactam (4-membered cyclic amide) rings is 1. The molecule has 308 valence electrons. The first-order valence-electron chi connectivity index (χ1n) is 19.9. The van der Waals surface area contributed by atoms with E-state index in [-0.39, 0.29) is 41.8 Å². The van der Waals surface area contributed by atoms with Crippen LogP contribution in [0.4, 0.5) is 0 Å². The number of ether oxygens (including phenoxy) is 2. The number of aliphatic hydroxyl groups is 1. The standard InChI is InChI=1S/C48H41N3O9S/c52-28-34-29-61-46-39(45(56)51(46)40(34)48(58)60-42(32-20-9-3-10-21-32)33-22-11-4-12-23-33)49-38(53)27-15-26-37(50-43(54)35-24-13-14-25-36(35)44(50)55)47(57)59-41(30-16-5-1-6-17-30)31-18-7-2-8-19-31/h1-14,16-25,37,39,41-42,46,52H,15,26-29H2,(H,49,53)/t37?,39-,46+/m1/s1. The number of nitrogens with zero attached hydrogens (tertiary/aromatic N) is 2. The third-order valence-electron chi connectivity index (χ3n) is 10.9. The molecule has 0 aromatic heterocycles. The highest BCUT2D eigenvalue weighted by Crippen LogP contribution is 2.42. The fraction of sp³-hybridized carbons (Fsp3) is 0.208. The Hall–Kier alpha value is -6.83. The molecule has 3 aliphatic rings. The van der Waals surface area contributed by atoms with Crippen LogP contribution in [0.2, 0.25) is 0 Å². The third-order valence-corrected chi connectivity index (χ3v) is 12.2. The van der Waals surface area contributed by atoms with E-state index in [1.807, 2.05) is 121 Å². The fourth-order valence-electron chi connectivity index (χ4n) is 7.86. The number of rotatable bonds is 15. The van der Waals surface area contributed by atoms with Crippen molar-refractivity contribution in [3.8, 4) is 0 Å². The number of nitrogens with one attached hydrogen (secondary N) is 1. The molecule has 3 atom stereocenters. The van der Waals surface area contributed by atoms with Gasteiger partial charge in [-0.3, -0.25) is 29.0 Å². The molecule has 12 nitrogen and oxygen atoms in total. The van der Waals surface area contributed by atoms with Gasteiger partial charge in [0.15, 0.2) is 12.2 Å². The molecule has 61 heavy (non-hydrogen) atoms. The van der Waals surface area contributed by atoms with E-state index in [4.69, 9.17) is 9.47 Å². The molecule has 1 fully saturated rings. The molecule has 1 unspecified atom stereocenters. The van der Waals surface area contributed by atoms with Crippen LogP contribution in [0, 0.1) is 0 Å². The molecule has 1 saturated heterocycles. The molecule has 3 aliphatic heterocycles. The van der Waals surface area contributed by atoms with Crippen LogP contribution >= 0.6 is 11.8 Å². The van der Waals surface area contributed by atoms with Crippen LogP contribution < -0.4 is 5.32 Å². The molecule has 0 saturated carbocycles. The average molecular weight is 836 g/mol. The maximum Gasteiger partial charge on any atom is 0.356 e. The first-order chi connectivity index (χ1) is 29.7. The molecule has 2 N–H and O–H groups in total. The minimum Gasteiger partial charge on any atom is -0.451 e. The molecule has 0 bridgehead atoms. The summed E-state index contributed by atoms with van der Waals surface area (Å²) in [4.78, 5) is 84.9. The predicted octanol–water partition coefficient (Wildman–Crippen LogP) is 6.13. The van der Waals surface area contributed by atoms with Gasteiger partial charge in [-0.05, 0) is 52.8 Å². The monoisotopic (exact) mass is 835 g/mol. The van der Waals surface area contributed by atoms with Crippen molar-refractivity contribution in [3.05, 3.63) is 190 Å². The lowest BCUT2D eigenvalue weighted by Crippen LogP contribution is -2.70. The number of hydrogen-bond donors (Lipinski definition) is 2. The Labute approximate surface area is 356 Å². The Morgan fingerprint density at radius 1 is 0.672 bits per heavy atom. The second kappa shape index (κ2) is 18.2. The highest BCUT2D eigenvalue weighted by molar-refractivity contribution is 8.00. The zero-order valence-electron chi connectivity index (χ0n) is 32.8. The topological polar surface area (TPSA) is 160 Å². The largest absolute Gasteiger partial charge is 0.451 e. The number of imide groups is 1. The molecule has 0 aliphatic carbocycles. The van der Waals surface area contributed by atoms with Crippen LogP contribution in [-0.4, -0.2) is 80.3 Å². The zero-order valence-corrected chi connectivity index (χ0v) is 33.6. The number of benzene rings is 5. The summed E-state index contributed by atoms with van der Waals surface area (Å²) in [5, 5.41) is 12.4. The molecular formula is C48H41N3O9S. The second-order valence-electron chi connectivity index (χ2n) is 14.7. The number of carbonyl (C=O) groups is 6. The van der Waals surface area contributed by atoms with Crippen molar-refractivity contribution in [1.29, 1.82) is 0 Å². The van der Waals surface area contributed by atoms with Crippen molar-refractivity contribution < 1.29 is 43.3 Å². The minimum absolute atomic E-state index is 0.0507. The summed E-state index contributed by atoms with van der Waals surface area (Å²) >= 11 is 1.30. The number of fused-ring (bicyclic) bond motifs is 2. The van der Waals surface area contributed by atoms with Crippen molar-refractivity contribution in [1.82, 2.24) is 15.1 Å². The number of carbonyl (C=O) groups excluding carboxylic acids is 6. The fourth-order valence-corrected chi connectivity index (χ4v) is 9.20. The van der Waals surface area contributed by atoms with Gasteiger partial charge in [-0.1, -0.05) is 133 Å². The van der Waals surface area contributed by atoms with Gasteiger partial charge >= 0.3 is 11.9 Å². The molecule has 8 rings (SSSR count). The lowest BCUT2D eigenvalue weighted by atomic mass is 10.0. The lowest BCUT2D eigenvalue weighted by molar-refractivity contribution is -0.155. The number of esters is 2. The van der Waals surface area contributed by atoms with E-state index in [0.717, 1.165) is 16.0 Å². The Morgan fingerprint density at radius 3 is 1.61 bits per heavy atom. The molecule has 5 aromatic carbocycles. The van der Waals surface area contributed by atoms with Crippen molar-refractivity contribution in [2.24, 2.45) is 0 Å². The van der Waals surface area contributed by atoms with Crippen molar-refractivity contribution >= 4 is 47.3 Å². The number of thioether (sulfide) groups is 1. The summed E-state index contributed by atoms with van der Waals surface area (Å²) in [5.74, 6) is -3.70. The number of amides is 4. The van der Waals surface area contributed by atoms with Crippen LogP contribution in [0.15, 0.2) is 157 Å². The SMILES string of the molecule is O=C(CCCC(C(=O)OC(c1ccccc1)c1ccccc1)N1C(=O)c2ccccc2C1=O)N[C@@H]1C(=O)N2C(C(=O)OC(c3ccccc3)c3ccccc3)=C(CO)CS[C@@H]12. The van der Waals surface area contributed by atoms with Crippen molar-refractivity contribution in [2.45, 2.75) is 48.9 Å². The van der Waals surface area contributed by atoms with E-state index in [9.17, 15) is 33.9 Å². The summed E-state index contributed by atoms with van der Waals surface area (Å²) in [6.07, 6.45) is -1.83. The summed E-state index contributed by atoms with van der Waals surface area (Å²) in [6, 6.07) is 40.6. The van der Waals surface area contributed by atoms with Crippen LogP contribution in [0.5, 0.6) is 0 Å². The maximum absolute atomic E-state index is 14.2. The molecule has 3 heterocycles. The normalized spacial score (nSPS) is 17.5. The van der Waals surface area contributed by atoms with Crippen molar-refractivity contribution in [3.63, 3.8) is 0 Å². The summed E-state index contributed by atoms with van der Waals surface area (Å²) in [6.45, 7) is -0.472. The Balaban J connectivity index is 0.955. The van der Waals surface area contributed by atoms with Crippen LogP contribution in [0.3, 0.4) is 0 Å². The zero-order chi connectivity index (χ0) is 42.5. The smallest absolute Gasteiger partial charge is 0.356 e. The van der Waals surface area contributed by atoms with E-state index in [0.29, 0.717) is 16.7 Å². The van der Waals surface area contributed by atoms with Crippen LogP contribution in [0.1, 0.15) is 74.4 Å². The van der Waals surface area contributed by atoms with E-state index < -0.39 is 71.8 Å². The Bertz CT molecular complexity index is 2370.